The second kappa shape index (κ2) is 5.59. The van der Waals surface area contributed by atoms with Gasteiger partial charge in [-0.1, -0.05) is 13.8 Å². The zero-order chi connectivity index (χ0) is 13.9. The smallest absolute Gasteiger partial charge is 0.329 e. The molecule has 0 saturated heterocycles. The maximum Gasteiger partial charge on any atom is 0.329 e. The van der Waals surface area contributed by atoms with Gasteiger partial charge in [-0.15, -0.1) is 0 Å². The molecule has 104 valence electrons. The second-order valence-electron chi connectivity index (χ2n) is 5.76. The van der Waals surface area contributed by atoms with E-state index < -0.39 is 11.5 Å². The number of nitrogens with one attached hydrogen (secondary N) is 1. The number of hydrogen-bond donors (Lipinski definition) is 2. The molecule has 5 heteroatoms. The summed E-state index contributed by atoms with van der Waals surface area (Å²) >= 11 is 0. The number of carbonyl (C=O) groups is 2. The van der Waals surface area contributed by atoms with Gasteiger partial charge in [0.05, 0.1) is 0 Å². The molecule has 0 bridgehead atoms. The van der Waals surface area contributed by atoms with Crippen molar-refractivity contribution in [3.8, 4) is 0 Å². The van der Waals surface area contributed by atoms with Gasteiger partial charge in [-0.25, -0.2) is 9.59 Å². The molecule has 1 atom stereocenters. The van der Waals surface area contributed by atoms with Crippen molar-refractivity contribution in [2.24, 2.45) is 5.92 Å². The highest BCUT2D eigenvalue weighted by atomic mass is 16.4. The van der Waals surface area contributed by atoms with Gasteiger partial charge in [-0.2, -0.15) is 0 Å². The molecule has 1 rings (SSSR count). The lowest BCUT2D eigenvalue weighted by molar-refractivity contribution is -0.148. The molecule has 0 aromatic rings. The highest BCUT2D eigenvalue weighted by molar-refractivity contribution is 5.87. The zero-order valence-electron chi connectivity index (χ0n) is 11.7. The Morgan fingerprint density at radius 2 is 1.89 bits per heavy atom. The summed E-state index contributed by atoms with van der Waals surface area (Å²) in [5.74, 6) is -0.417. The van der Waals surface area contributed by atoms with E-state index in [1.807, 2.05) is 6.92 Å². The molecule has 18 heavy (non-hydrogen) atoms. The average Bonchev–Trinajstić information content (AvgIpc) is 2.20. The van der Waals surface area contributed by atoms with E-state index >= 15 is 0 Å². The molecule has 1 aliphatic rings. The van der Waals surface area contributed by atoms with Gasteiger partial charge in [0.1, 0.15) is 5.54 Å². The fraction of sp³-hybridized carbons (Fsp3) is 0.846. The number of rotatable bonds is 5. The van der Waals surface area contributed by atoms with E-state index in [1.165, 1.54) is 0 Å². The molecule has 2 amide bonds. The molecule has 5 nitrogen and oxygen atoms in total. The molecule has 1 fully saturated rings. The van der Waals surface area contributed by atoms with Crippen LogP contribution in [-0.2, 0) is 4.79 Å². The van der Waals surface area contributed by atoms with Crippen molar-refractivity contribution in [1.82, 2.24) is 10.2 Å². The first kappa shape index (κ1) is 14.8. The number of carbonyl (C=O) groups excluding carboxylic acids is 1. The van der Waals surface area contributed by atoms with Crippen LogP contribution in [0, 0.1) is 5.92 Å². The molecule has 1 unspecified atom stereocenters. The molecule has 2 N–H and O–H groups in total. The number of carboxylic acid groups (broad SMARTS) is 1. The Bertz CT molecular complexity index is 324. The van der Waals surface area contributed by atoms with E-state index in [-0.39, 0.29) is 12.1 Å². The predicted molar refractivity (Wildman–Crippen MR) is 69.4 cm³/mol. The van der Waals surface area contributed by atoms with Crippen LogP contribution in [0.1, 0.15) is 46.5 Å². The molecule has 0 heterocycles. The summed E-state index contributed by atoms with van der Waals surface area (Å²) in [5, 5.41) is 11.8. The molecule has 1 saturated carbocycles. The Morgan fingerprint density at radius 3 is 2.22 bits per heavy atom. The maximum atomic E-state index is 12.0. The standard InChI is InChI=1S/C13H24N2O3/c1-9(2)8-10(3)15(4)12(18)14-13(11(16)17)6-5-7-13/h9-10H,5-8H2,1-4H3,(H,14,18)(H,16,17). The Balaban J connectivity index is 2.56. The fourth-order valence-corrected chi connectivity index (χ4v) is 2.26. The Hall–Kier alpha value is -1.26. The van der Waals surface area contributed by atoms with Crippen LogP contribution in [0.25, 0.3) is 0 Å². The first-order valence-electron chi connectivity index (χ1n) is 6.57. The van der Waals surface area contributed by atoms with E-state index in [2.05, 4.69) is 19.2 Å². The van der Waals surface area contributed by atoms with Gasteiger partial charge in [0.2, 0.25) is 0 Å². The van der Waals surface area contributed by atoms with Crippen LogP contribution < -0.4 is 5.32 Å². The average molecular weight is 256 g/mol. The molecular weight excluding hydrogens is 232 g/mol. The maximum absolute atomic E-state index is 12.0. The molecule has 0 radical (unpaired) electrons. The topological polar surface area (TPSA) is 69.6 Å². The number of amides is 2. The van der Waals surface area contributed by atoms with Gasteiger partial charge in [0.25, 0.3) is 0 Å². The molecule has 0 spiro atoms. The minimum Gasteiger partial charge on any atom is -0.480 e. The van der Waals surface area contributed by atoms with Gasteiger partial charge in [0, 0.05) is 13.1 Å². The number of nitrogens with zero attached hydrogens (tertiary/aromatic N) is 1. The number of aliphatic carboxylic acids is 1. The van der Waals surface area contributed by atoms with Crippen molar-refractivity contribution in [3.05, 3.63) is 0 Å². The molecule has 0 aromatic heterocycles. The molecule has 1 aliphatic carbocycles. The Labute approximate surface area is 109 Å². The van der Waals surface area contributed by atoms with Crippen molar-refractivity contribution in [1.29, 1.82) is 0 Å². The summed E-state index contributed by atoms with van der Waals surface area (Å²) in [7, 11) is 1.72. The van der Waals surface area contributed by atoms with Gasteiger partial charge >= 0.3 is 12.0 Å². The van der Waals surface area contributed by atoms with Crippen LogP contribution in [-0.4, -0.2) is 40.6 Å². The summed E-state index contributed by atoms with van der Waals surface area (Å²) in [5.41, 5.74) is -1.02. The monoisotopic (exact) mass is 256 g/mol. The Morgan fingerprint density at radius 1 is 1.33 bits per heavy atom. The van der Waals surface area contributed by atoms with Crippen molar-refractivity contribution in [3.63, 3.8) is 0 Å². The van der Waals surface area contributed by atoms with E-state index in [0.717, 1.165) is 12.8 Å². The first-order chi connectivity index (χ1) is 8.28. The number of carboxylic acids is 1. The van der Waals surface area contributed by atoms with Crippen molar-refractivity contribution in [2.75, 3.05) is 7.05 Å². The van der Waals surface area contributed by atoms with Crippen LogP contribution in [0.2, 0.25) is 0 Å². The minimum atomic E-state index is -1.02. The van der Waals surface area contributed by atoms with Gasteiger partial charge in [-0.3, -0.25) is 0 Å². The van der Waals surface area contributed by atoms with Gasteiger partial charge < -0.3 is 15.3 Å². The summed E-state index contributed by atoms with van der Waals surface area (Å²) in [6, 6.07) is -0.179. The van der Waals surface area contributed by atoms with Crippen LogP contribution in [0.4, 0.5) is 4.79 Å². The number of urea groups is 1. The van der Waals surface area contributed by atoms with E-state index in [4.69, 9.17) is 5.11 Å². The van der Waals surface area contributed by atoms with Crippen molar-refractivity contribution >= 4 is 12.0 Å². The zero-order valence-corrected chi connectivity index (χ0v) is 11.7. The summed E-state index contributed by atoms with van der Waals surface area (Å²) in [6.07, 6.45) is 2.82. The third-order valence-electron chi connectivity index (χ3n) is 3.76. The number of hydrogen-bond acceptors (Lipinski definition) is 2. The SMILES string of the molecule is CC(C)CC(C)N(C)C(=O)NC1(C(=O)O)CCC1. The third kappa shape index (κ3) is 3.15. The molecular formula is C13H24N2O3. The highest BCUT2D eigenvalue weighted by Gasteiger charge is 2.46. The van der Waals surface area contributed by atoms with E-state index in [0.29, 0.717) is 18.8 Å². The summed E-state index contributed by atoms with van der Waals surface area (Å²) in [4.78, 5) is 24.8. The molecule has 0 aliphatic heterocycles. The summed E-state index contributed by atoms with van der Waals surface area (Å²) in [6.45, 7) is 6.19. The normalized spacial score (nSPS) is 18.9. The first-order valence-corrected chi connectivity index (χ1v) is 6.57. The van der Waals surface area contributed by atoms with Crippen LogP contribution in [0.3, 0.4) is 0 Å². The minimum absolute atomic E-state index is 0.107. The lowest BCUT2D eigenvalue weighted by Crippen LogP contribution is -2.62. The van der Waals surface area contributed by atoms with Gasteiger partial charge in [-0.05, 0) is 38.5 Å². The van der Waals surface area contributed by atoms with Gasteiger partial charge in [0.15, 0.2) is 0 Å². The van der Waals surface area contributed by atoms with Crippen LogP contribution in [0.15, 0.2) is 0 Å². The summed E-state index contributed by atoms with van der Waals surface area (Å²) < 4.78 is 0. The second-order valence-corrected chi connectivity index (χ2v) is 5.76. The highest BCUT2D eigenvalue weighted by Crippen LogP contribution is 2.32. The van der Waals surface area contributed by atoms with Crippen LogP contribution in [0.5, 0.6) is 0 Å². The quantitative estimate of drug-likeness (QED) is 0.791. The fourth-order valence-electron chi connectivity index (χ4n) is 2.26. The molecule has 0 aromatic carbocycles. The van der Waals surface area contributed by atoms with E-state index in [1.54, 1.807) is 11.9 Å². The van der Waals surface area contributed by atoms with Crippen molar-refractivity contribution < 1.29 is 14.7 Å². The largest absolute Gasteiger partial charge is 0.480 e. The van der Waals surface area contributed by atoms with E-state index in [9.17, 15) is 9.59 Å². The Kier molecular flexibility index (Phi) is 4.59. The lowest BCUT2D eigenvalue weighted by Gasteiger charge is -2.40. The van der Waals surface area contributed by atoms with Crippen LogP contribution >= 0.6 is 0 Å². The third-order valence-corrected chi connectivity index (χ3v) is 3.76. The predicted octanol–water partition coefficient (Wildman–Crippen LogP) is 2.07. The van der Waals surface area contributed by atoms with Crippen molar-refractivity contribution in [2.45, 2.75) is 58.0 Å². The lowest BCUT2D eigenvalue weighted by atomic mass is 9.77.